The Morgan fingerprint density at radius 2 is 2.53 bits per heavy atom. The molecule has 0 aromatic carbocycles. The average Bonchev–Trinajstić information content (AvgIpc) is 2.98. The van der Waals surface area contributed by atoms with Crippen molar-refractivity contribution in [3.05, 3.63) is 22.4 Å². The van der Waals surface area contributed by atoms with Crippen LogP contribution < -0.4 is 0 Å². The Labute approximate surface area is 106 Å². The number of rotatable bonds is 3. The first-order valence-corrected chi connectivity index (χ1v) is 7.22. The molecule has 3 atom stereocenters. The Bertz CT molecular complexity index is 354. The van der Waals surface area contributed by atoms with Crippen molar-refractivity contribution in [3.8, 4) is 0 Å². The molecule has 3 nitrogen and oxygen atoms in total. The zero-order valence-corrected chi connectivity index (χ0v) is 11.0. The van der Waals surface area contributed by atoms with Crippen molar-refractivity contribution in [3.63, 3.8) is 0 Å². The molecule has 2 fully saturated rings. The van der Waals surface area contributed by atoms with E-state index in [1.54, 1.807) is 18.4 Å². The van der Waals surface area contributed by atoms with Crippen molar-refractivity contribution < 1.29 is 9.47 Å². The van der Waals surface area contributed by atoms with Crippen LogP contribution in [0, 0.1) is 0 Å². The summed E-state index contributed by atoms with van der Waals surface area (Å²) in [7, 11) is 1.80. The second-order valence-electron chi connectivity index (χ2n) is 4.88. The fourth-order valence-corrected chi connectivity index (χ4v) is 3.67. The van der Waals surface area contributed by atoms with Crippen LogP contribution in [0.25, 0.3) is 0 Å². The molecular formula is C13H19NO2S. The number of thiophene rings is 1. The van der Waals surface area contributed by atoms with E-state index >= 15 is 0 Å². The molecule has 1 aromatic heterocycles. The molecule has 0 amide bonds. The number of fused-ring (bicyclic) bond motifs is 1. The zero-order valence-electron chi connectivity index (χ0n) is 10.2. The highest BCUT2D eigenvalue weighted by Gasteiger charge is 2.43. The lowest BCUT2D eigenvalue weighted by Crippen LogP contribution is -2.41. The summed E-state index contributed by atoms with van der Waals surface area (Å²) < 4.78 is 11.5. The van der Waals surface area contributed by atoms with Crippen LogP contribution in [0.1, 0.15) is 18.4 Å². The summed E-state index contributed by atoms with van der Waals surface area (Å²) in [6.07, 6.45) is 2.96. The Morgan fingerprint density at radius 1 is 1.59 bits per heavy atom. The second-order valence-corrected chi connectivity index (χ2v) is 5.66. The highest BCUT2D eigenvalue weighted by molar-refractivity contribution is 7.07. The van der Waals surface area contributed by atoms with Crippen LogP contribution in [-0.4, -0.2) is 43.4 Å². The zero-order chi connectivity index (χ0) is 11.7. The summed E-state index contributed by atoms with van der Waals surface area (Å²) in [4.78, 5) is 2.53. The van der Waals surface area contributed by atoms with Crippen molar-refractivity contribution in [2.24, 2.45) is 0 Å². The third-order valence-electron chi connectivity index (χ3n) is 3.85. The summed E-state index contributed by atoms with van der Waals surface area (Å²) in [6.45, 7) is 2.93. The third-order valence-corrected chi connectivity index (χ3v) is 4.58. The molecule has 0 bridgehead atoms. The molecule has 0 N–H and O–H groups in total. The van der Waals surface area contributed by atoms with Crippen molar-refractivity contribution in [1.82, 2.24) is 4.90 Å². The first-order valence-electron chi connectivity index (χ1n) is 6.28. The molecule has 3 rings (SSSR count). The van der Waals surface area contributed by atoms with E-state index in [1.807, 2.05) is 0 Å². The lowest BCUT2D eigenvalue weighted by molar-refractivity contribution is -0.0655. The van der Waals surface area contributed by atoms with Crippen LogP contribution in [0.5, 0.6) is 0 Å². The minimum absolute atomic E-state index is 0.249. The van der Waals surface area contributed by atoms with E-state index in [4.69, 9.17) is 9.47 Å². The first-order chi connectivity index (χ1) is 8.38. The van der Waals surface area contributed by atoms with E-state index < -0.39 is 0 Å². The van der Waals surface area contributed by atoms with E-state index in [9.17, 15) is 0 Å². The average molecular weight is 253 g/mol. The molecule has 2 aliphatic heterocycles. The van der Waals surface area contributed by atoms with Gasteiger partial charge >= 0.3 is 0 Å². The van der Waals surface area contributed by atoms with Crippen LogP contribution in [-0.2, 0) is 16.0 Å². The van der Waals surface area contributed by atoms with Gasteiger partial charge in [-0.05, 0) is 35.2 Å². The quantitative estimate of drug-likeness (QED) is 0.823. The molecule has 94 valence electrons. The molecule has 0 unspecified atom stereocenters. The number of likely N-dealkylation sites (tertiary alicyclic amines) is 1. The molecular weight excluding hydrogens is 234 g/mol. The number of methoxy groups -OCH3 is 1. The minimum Gasteiger partial charge on any atom is -0.377 e. The summed E-state index contributed by atoms with van der Waals surface area (Å²) in [5.74, 6) is 0. The van der Waals surface area contributed by atoms with Gasteiger partial charge in [-0.1, -0.05) is 0 Å². The highest BCUT2D eigenvalue weighted by atomic mass is 32.1. The molecule has 2 aliphatic rings. The number of hydrogen-bond donors (Lipinski definition) is 0. The largest absolute Gasteiger partial charge is 0.377 e. The van der Waals surface area contributed by atoms with Gasteiger partial charge in [0.15, 0.2) is 0 Å². The minimum atomic E-state index is 0.249. The standard InChI is InChI=1S/C13H19NO2S/c1-15-12-8-14(7-10-4-6-17-9-10)11-3-2-5-16-13(11)12/h4,6,9,11-13H,2-3,5,7-8H2,1H3/t11-,12+,13+/m1/s1. The van der Waals surface area contributed by atoms with E-state index in [-0.39, 0.29) is 12.2 Å². The van der Waals surface area contributed by atoms with Gasteiger partial charge in [0, 0.05) is 32.8 Å². The van der Waals surface area contributed by atoms with Crippen molar-refractivity contribution in [2.75, 3.05) is 20.3 Å². The number of nitrogens with zero attached hydrogens (tertiary/aromatic N) is 1. The van der Waals surface area contributed by atoms with Crippen molar-refractivity contribution in [1.29, 1.82) is 0 Å². The van der Waals surface area contributed by atoms with Gasteiger partial charge in [-0.3, -0.25) is 4.90 Å². The summed E-state index contributed by atoms with van der Waals surface area (Å²) >= 11 is 1.77. The predicted octanol–water partition coefficient (Wildman–Crippen LogP) is 2.13. The second kappa shape index (κ2) is 5.06. The molecule has 3 heterocycles. The maximum Gasteiger partial charge on any atom is 0.100 e. The van der Waals surface area contributed by atoms with Crippen LogP contribution >= 0.6 is 11.3 Å². The maximum absolute atomic E-state index is 5.89. The van der Waals surface area contributed by atoms with E-state index in [1.165, 1.54) is 18.4 Å². The Morgan fingerprint density at radius 3 is 3.29 bits per heavy atom. The van der Waals surface area contributed by atoms with Crippen molar-refractivity contribution in [2.45, 2.75) is 37.6 Å². The first kappa shape index (κ1) is 11.7. The van der Waals surface area contributed by atoms with Gasteiger partial charge in [0.1, 0.15) is 6.10 Å². The van der Waals surface area contributed by atoms with Gasteiger partial charge in [0.25, 0.3) is 0 Å². The third kappa shape index (κ3) is 2.27. The molecule has 0 radical (unpaired) electrons. The topological polar surface area (TPSA) is 21.7 Å². The van der Waals surface area contributed by atoms with E-state index in [0.29, 0.717) is 6.04 Å². The van der Waals surface area contributed by atoms with Gasteiger partial charge in [-0.25, -0.2) is 0 Å². The SMILES string of the molecule is CO[C@H]1CN(Cc2ccsc2)[C@@H]2CCCO[C@H]12. The molecule has 1 aromatic rings. The van der Waals surface area contributed by atoms with Gasteiger partial charge in [0.2, 0.25) is 0 Å². The monoisotopic (exact) mass is 253 g/mol. The Balaban J connectivity index is 1.72. The van der Waals surface area contributed by atoms with Crippen LogP contribution in [0.4, 0.5) is 0 Å². The summed E-state index contributed by atoms with van der Waals surface area (Å²) in [5.41, 5.74) is 1.41. The van der Waals surface area contributed by atoms with Crippen LogP contribution in [0.15, 0.2) is 16.8 Å². The smallest absolute Gasteiger partial charge is 0.100 e. The predicted molar refractivity (Wildman–Crippen MR) is 68.3 cm³/mol. The molecule has 0 aliphatic carbocycles. The van der Waals surface area contributed by atoms with E-state index in [0.717, 1.165) is 19.7 Å². The van der Waals surface area contributed by atoms with E-state index in [2.05, 4.69) is 21.7 Å². The van der Waals surface area contributed by atoms with Gasteiger partial charge in [-0.2, -0.15) is 11.3 Å². The lowest BCUT2D eigenvalue weighted by Gasteiger charge is -2.32. The molecule has 4 heteroatoms. The molecule has 17 heavy (non-hydrogen) atoms. The van der Waals surface area contributed by atoms with Gasteiger partial charge < -0.3 is 9.47 Å². The number of ether oxygens (including phenoxy) is 2. The molecule has 0 saturated carbocycles. The Kier molecular flexibility index (Phi) is 3.47. The fraction of sp³-hybridized carbons (Fsp3) is 0.692. The van der Waals surface area contributed by atoms with Crippen LogP contribution in [0.3, 0.4) is 0 Å². The van der Waals surface area contributed by atoms with Crippen LogP contribution in [0.2, 0.25) is 0 Å². The molecule has 2 saturated heterocycles. The fourth-order valence-electron chi connectivity index (χ4n) is 3.01. The van der Waals surface area contributed by atoms with Gasteiger partial charge in [-0.15, -0.1) is 0 Å². The molecule has 0 spiro atoms. The van der Waals surface area contributed by atoms with Crippen molar-refractivity contribution >= 4 is 11.3 Å². The number of hydrogen-bond acceptors (Lipinski definition) is 4. The van der Waals surface area contributed by atoms with Gasteiger partial charge in [0.05, 0.1) is 6.10 Å². The highest BCUT2D eigenvalue weighted by Crippen LogP contribution is 2.31. The lowest BCUT2D eigenvalue weighted by atomic mass is 10.0. The maximum atomic E-state index is 5.89. The summed E-state index contributed by atoms with van der Waals surface area (Å²) in [6, 6.07) is 2.76. The normalized spacial score (nSPS) is 33.8. The summed E-state index contributed by atoms with van der Waals surface area (Å²) in [5, 5.41) is 4.38. The Hall–Kier alpha value is -0.420.